The largest absolute Gasteiger partial charge is 0.447 e. The Labute approximate surface area is 225 Å². The minimum Gasteiger partial charge on any atom is -0.447 e. The van der Waals surface area contributed by atoms with E-state index < -0.39 is 53.4 Å². The summed E-state index contributed by atoms with van der Waals surface area (Å²) in [5.41, 5.74) is -0.770. The Bertz CT molecular complexity index is 1590. The summed E-state index contributed by atoms with van der Waals surface area (Å²) < 4.78 is 33.1. The van der Waals surface area contributed by atoms with Crippen LogP contribution in [0.5, 0.6) is 0 Å². The first kappa shape index (κ1) is 24.5. The number of cyclic esters (lactones) is 1. The fourth-order valence-electron chi connectivity index (χ4n) is 6.60. The van der Waals surface area contributed by atoms with Gasteiger partial charge in [-0.05, 0) is 43.2 Å². The van der Waals surface area contributed by atoms with Gasteiger partial charge in [-0.2, -0.15) is 0 Å². The number of barbiturate groups is 1. The molecule has 1 aromatic carbocycles. The number of carbonyl (C=O) groups excluding carboxylic acids is 4. The summed E-state index contributed by atoms with van der Waals surface area (Å²) in [6, 6.07) is 2.64. The number of halogens is 1. The van der Waals surface area contributed by atoms with E-state index in [1.165, 1.54) is 4.90 Å². The second-order valence-corrected chi connectivity index (χ2v) is 10.5. The van der Waals surface area contributed by atoms with Crippen molar-refractivity contribution in [2.75, 3.05) is 23.0 Å². The summed E-state index contributed by atoms with van der Waals surface area (Å²) in [6.07, 6.45) is 1.23. The fraction of sp³-hybridized carbons (Fsp3) is 0.385. The number of ether oxygens (including phenoxy) is 2. The van der Waals surface area contributed by atoms with Gasteiger partial charge in [-0.3, -0.25) is 25.2 Å². The van der Waals surface area contributed by atoms with Gasteiger partial charge in [0.2, 0.25) is 17.4 Å². The van der Waals surface area contributed by atoms with Crippen molar-refractivity contribution in [2.24, 2.45) is 5.41 Å². The zero-order valence-electron chi connectivity index (χ0n) is 21.3. The van der Waals surface area contributed by atoms with Crippen LogP contribution in [0, 0.1) is 11.2 Å². The number of hydrogen-bond donors (Lipinski definition) is 2. The monoisotopic (exact) mass is 550 g/mol. The van der Waals surface area contributed by atoms with E-state index in [-0.39, 0.29) is 48.2 Å². The van der Waals surface area contributed by atoms with Crippen molar-refractivity contribution in [2.45, 2.75) is 44.6 Å². The number of morpholine rings is 1. The summed E-state index contributed by atoms with van der Waals surface area (Å²) in [5, 5.41) is 8.65. The van der Waals surface area contributed by atoms with Gasteiger partial charge in [-0.15, -0.1) is 0 Å². The number of urea groups is 1. The Morgan fingerprint density at radius 1 is 1.10 bits per heavy atom. The molecule has 1 spiro atoms. The SMILES string of the molecule is C[C@@H]1CN2c3c(cc4c(N5C(=O)OC[C@@H]5c5ccncc5)noc4c3F)CC3(C(=O)NC(=O)NC3=O)[C@H]2[C@H](C)O1. The van der Waals surface area contributed by atoms with Crippen LogP contribution < -0.4 is 20.4 Å². The number of amides is 5. The number of benzene rings is 1. The maximum Gasteiger partial charge on any atom is 0.416 e. The van der Waals surface area contributed by atoms with Gasteiger partial charge in [0.15, 0.2) is 17.1 Å². The Hall–Kier alpha value is -4.59. The normalized spacial score (nSPS) is 27.4. The second-order valence-electron chi connectivity index (χ2n) is 10.5. The number of aromatic nitrogens is 2. The molecular formula is C26H23FN6O7. The van der Waals surface area contributed by atoms with Crippen LogP contribution in [0.4, 0.5) is 25.5 Å². The van der Waals surface area contributed by atoms with E-state index in [4.69, 9.17) is 14.0 Å². The molecule has 0 saturated carbocycles. The van der Waals surface area contributed by atoms with Crippen LogP contribution in [0.25, 0.3) is 11.0 Å². The molecule has 3 saturated heterocycles. The molecule has 6 heterocycles. The Morgan fingerprint density at radius 2 is 1.82 bits per heavy atom. The molecule has 4 aliphatic heterocycles. The molecule has 0 aliphatic carbocycles. The van der Waals surface area contributed by atoms with Gasteiger partial charge < -0.3 is 18.9 Å². The van der Waals surface area contributed by atoms with Gasteiger partial charge in [0.25, 0.3) is 0 Å². The number of nitrogens with zero attached hydrogens (tertiary/aromatic N) is 4. The number of fused-ring (bicyclic) bond motifs is 5. The minimum atomic E-state index is -1.79. The molecule has 3 aromatic rings. The van der Waals surface area contributed by atoms with Crippen LogP contribution >= 0.6 is 0 Å². The third-order valence-corrected chi connectivity index (χ3v) is 8.14. The van der Waals surface area contributed by atoms with Crippen molar-refractivity contribution in [3.63, 3.8) is 0 Å². The maximum absolute atomic E-state index is 16.4. The molecule has 4 atom stereocenters. The molecule has 0 unspecified atom stereocenters. The molecule has 206 valence electrons. The molecule has 4 aliphatic rings. The number of nitrogens with one attached hydrogen (secondary N) is 2. The van der Waals surface area contributed by atoms with Crippen LogP contribution in [0.2, 0.25) is 0 Å². The van der Waals surface area contributed by atoms with Crippen molar-refractivity contribution in [1.29, 1.82) is 0 Å². The lowest BCUT2D eigenvalue weighted by Crippen LogP contribution is -2.75. The number of hydrogen-bond acceptors (Lipinski definition) is 10. The van der Waals surface area contributed by atoms with Gasteiger partial charge in [-0.1, -0.05) is 5.16 Å². The van der Waals surface area contributed by atoms with Gasteiger partial charge in [0.05, 0.1) is 29.3 Å². The summed E-state index contributed by atoms with van der Waals surface area (Å²) in [7, 11) is 0. The van der Waals surface area contributed by atoms with E-state index in [0.717, 1.165) is 5.56 Å². The molecular weight excluding hydrogens is 527 g/mol. The molecule has 2 N–H and O–H groups in total. The van der Waals surface area contributed by atoms with Crippen molar-refractivity contribution < 1.29 is 37.6 Å². The topological polar surface area (TPSA) is 156 Å². The van der Waals surface area contributed by atoms with Crippen LogP contribution in [0.3, 0.4) is 0 Å². The highest BCUT2D eigenvalue weighted by molar-refractivity contribution is 6.20. The predicted octanol–water partition coefficient (Wildman–Crippen LogP) is 1.95. The highest BCUT2D eigenvalue weighted by Crippen LogP contribution is 2.50. The van der Waals surface area contributed by atoms with Gasteiger partial charge in [0.1, 0.15) is 12.6 Å². The molecule has 13 nitrogen and oxygen atoms in total. The van der Waals surface area contributed by atoms with Crippen LogP contribution in [0.15, 0.2) is 35.1 Å². The lowest BCUT2D eigenvalue weighted by atomic mass is 9.66. The minimum absolute atomic E-state index is 0.0351. The van der Waals surface area contributed by atoms with Crippen LogP contribution in [0.1, 0.15) is 31.0 Å². The van der Waals surface area contributed by atoms with Gasteiger partial charge in [0, 0.05) is 25.4 Å². The van der Waals surface area contributed by atoms with Crippen LogP contribution in [-0.2, 0) is 25.5 Å². The molecule has 5 amide bonds. The van der Waals surface area contributed by atoms with Crippen molar-refractivity contribution in [1.82, 2.24) is 20.8 Å². The van der Waals surface area contributed by atoms with Crippen LogP contribution in [-0.4, -0.2) is 65.5 Å². The zero-order valence-corrected chi connectivity index (χ0v) is 21.3. The third kappa shape index (κ3) is 3.22. The number of carbonyl (C=O) groups is 4. The van der Waals surface area contributed by atoms with Crippen molar-refractivity contribution >= 4 is 46.4 Å². The molecule has 0 radical (unpaired) electrons. The smallest absolute Gasteiger partial charge is 0.416 e. The lowest BCUT2D eigenvalue weighted by molar-refractivity contribution is -0.153. The highest BCUT2D eigenvalue weighted by atomic mass is 19.1. The average molecular weight is 551 g/mol. The Kier molecular flexibility index (Phi) is 5.17. The number of anilines is 2. The molecule has 14 heteroatoms. The maximum atomic E-state index is 16.4. The summed E-state index contributed by atoms with van der Waals surface area (Å²) in [4.78, 5) is 58.6. The average Bonchev–Trinajstić information content (AvgIpc) is 3.50. The standard InChI is InChI=1S/C26H23FN6O7/c1-11-9-32-18-14(8-26(20(32)12(2)39-11)22(34)29-24(36)30-23(26)35)7-15-19(17(18)27)40-31-21(15)33-16(10-38-25(33)37)13-3-5-28-6-4-13/h3-7,11-12,16,20H,8-10H2,1-2H3,(H2,29,30,34,35,36)/t11-,12+,16-,20-/m1/s1. The summed E-state index contributed by atoms with van der Waals surface area (Å²) in [5.74, 6) is -2.29. The number of rotatable bonds is 2. The van der Waals surface area contributed by atoms with E-state index in [9.17, 15) is 19.2 Å². The second kappa shape index (κ2) is 8.45. The first-order valence-corrected chi connectivity index (χ1v) is 12.8. The number of pyridine rings is 1. The van der Waals surface area contributed by atoms with Crippen molar-refractivity contribution in [3.8, 4) is 0 Å². The zero-order chi connectivity index (χ0) is 27.9. The summed E-state index contributed by atoms with van der Waals surface area (Å²) in [6.45, 7) is 3.72. The lowest BCUT2D eigenvalue weighted by Gasteiger charge is -2.55. The fourth-order valence-corrected chi connectivity index (χ4v) is 6.60. The molecule has 7 rings (SSSR count). The van der Waals surface area contributed by atoms with E-state index >= 15 is 4.39 Å². The van der Waals surface area contributed by atoms with E-state index in [0.29, 0.717) is 5.56 Å². The quantitative estimate of drug-likeness (QED) is 0.452. The highest BCUT2D eigenvalue weighted by Gasteiger charge is 2.63. The molecule has 3 fully saturated rings. The molecule has 2 aromatic heterocycles. The first-order valence-electron chi connectivity index (χ1n) is 12.8. The molecule has 40 heavy (non-hydrogen) atoms. The first-order chi connectivity index (χ1) is 19.2. The Balaban J connectivity index is 1.42. The number of imide groups is 2. The summed E-state index contributed by atoms with van der Waals surface area (Å²) >= 11 is 0. The van der Waals surface area contributed by atoms with Crippen molar-refractivity contribution in [3.05, 3.63) is 47.5 Å². The van der Waals surface area contributed by atoms with E-state index in [1.807, 2.05) is 0 Å². The Morgan fingerprint density at radius 3 is 2.55 bits per heavy atom. The van der Waals surface area contributed by atoms with Gasteiger partial charge in [-0.25, -0.2) is 18.9 Å². The molecule has 0 bridgehead atoms. The van der Waals surface area contributed by atoms with Gasteiger partial charge >= 0.3 is 12.1 Å². The van der Waals surface area contributed by atoms with E-state index in [2.05, 4.69) is 20.8 Å². The predicted molar refractivity (Wildman–Crippen MR) is 134 cm³/mol. The third-order valence-electron chi connectivity index (χ3n) is 8.14. The van der Waals surface area contributed by atoms with E-state index in [1.54, 1.807) is 49.3 Å².